The van der Waals surface area contributed by atoms with Gasteiger partial charge >= 0.3 is 0 Å². The van der Waals surface area contributed by atoms with Crippen LogP contribution in [0.2, 0.25) is 5.02 Å². The second-order valence-corrected chi connectivity index (χ2v) is 8.01. The number of nitrogens with zero attached hydrogens (tertiary/aromatic N) is 2. The molecular formula is C25H30ClN3O. The van der Waals surface area contributed by atoms with Crippen molar-refractivity contribution in [2.45, 2.75) is 47.0 Å². The van der Waals surface area contributed by atoms with E-state index in [9.17, 15) is 4.79 Å². The second kappa shape index (κ2) is 12.1. The summed E-state index contributed by atoms with van der Waals surface area (Å²) < 4.78 is 0. The number of nitrogens with one attached hydrogen (secondary N) is 1. The van der Waals surface area contributed by atoms with Gasteiger partial charge in [0.25, 0.3) is 0 Å². The van der Waals surface area contributed by atoms with Crippen molar-refractivity contribution in [1.29, 1.82) is 0 Å². The maximum absolute atomic E-state index is 12.4. The normalized spacial score (nSPS) is 10.3. The third-order valence-corrected chi connectivity index (χ3v) is 4.30. The van der Waals surface area contributed by atoms with Crippen LogP contribution < -0.4 is 5.32 Å². The van der Waals surface area contributed by atoms with Crippen LogP contribution in [0.5, 0.6) is 0 Å². The van der Waals surface area contributed by atoms with Crippen LogP contribution >= 0.6 is 11.6 Å². The molecule has 4 nitrogen and oxygen atoms in total. The lowest BCUT2D eigenvalue weighted by molar-refractivity contribution is -0.115. The Morgan fingerprint density at radius 2 is 1.67 bits per heavy atom. The van der Waals surface area contributed by atoms with Gasteiger partial charge in [0.1, 0.15) is 0 Å². The van der Waals surface area contributed by atoms with Crippen LogP contribution in [0.25, 0.3) is 11.3 Å². The van der Waals surface area contributed by atoms with Crippen molar-refractivity contribution in [2.24, 2.45) is 5.92 Å². The SMILES string of the molecule is CC(C)Cc1nc(-c2ccccc2)cnc1NC(=O)Cc1ccc(Cl)cc1.CCC. The molecule has 0 saturated heterocycles. The maximum Gasteiger partial charge on any atom is 0.229 e. The first-order valence-corrected chi connectivity index (χ1v) is 10.8. The van der Waals surface area contributed by atoms with Gasteiger partial charge in [0, 0.05) is 10.6 Å². The molecule has 0 aliphatic heterocycles. The lowest BCUT2D eigenvalue weighted by Gasteiger charge is -2.13. The predicted molar refractivity (Wildman–Crippen MR) is 126 cm³/mol. The van der Waals surface area contributed by atoms with Gasteiger partial charge in [-0.25, -0.2) is 9.97 Å². The topological polar surface area (TPSA) is 54.9 Å². The lowest BCUT2D eigenvalue weighted by atomic mass is 10.1. The average Bonchev–Trinajstić information content (AvgIpc) is 2.72. The summed E-state index contributed by atoms with van der Waals surface area (Å²) in [6.45, 7) is 8.49. The number of benzene rings is 2. The molecule has 1 N–H and O–H groups in total. The molecule has 5 heteroatoms. The van der Waals surface area contributed by atoms with E-state index < -0.39 is 0 Å². The Hall–Kier alpha value is -2.72. The first kappa shape index (κ1) is 23.6. The Morgan fingerprint density at radius 1 is 1.03 bits per heavy atom. The first-order valence-electron chi connectivity index (χ1n) is 10.4. The number of carbonyl (C=O) groups is 1. The van der Waals surface area contributed by atoms with E-state index in [0.717, 1.165) is 28.9 Å². The Labute approximate surface area is 184 Å². The number of halogens is 1. The molecule has 0 aliphatic carbocycles. The van der Waals surface area contributed by atoms with Crippen LogP contribution in [0.4, 0.5) is 5.82 Å². The molecule has 3 aromatic rings. The zero-order chi connectivity index (χ0) is 21.9. The summed E-state index contributed by atoms with van der Waals surface area (Å²) in [5.74, 6) is 0.809. The molecule has 3 rings (SSSR count). The van der Waals surface area contributed by atoms with Crippen LogP contribution in [0.3, 0.4) is 0 Å². The maximum atomic E-state index is 12.4. The van der Waals surface area contributed by atoms with Crippen molar-refractivity contribution in [3.05, 3.63) is 77.1 Å². The highest BCUT2D eigenvalue weighted by Crippen LogP contribution is 2.21. The minimum absolute atomic E-state index is 0.121. The predicted octanol–water partition coefficient (Wildman–Crippen LogP) is 6.59. The molecule has 30 heavy (non-hydrogen) atoms. The summed E-state index contributed by atoms with van der Waals surface area (Å²) in [6, 6.07) is 17.2. The minimum atomic E-state index is -0.121. The molecule has 1 amide bonds. The fourth-order valence-electron chi connectivity index (χ4n) is 2.77. The summed E-state index contributed by atoms with van der Waals surface area (Å²) in [5.41, 5.74) is 3.52. The van der Waals surface area contributed by atoms with E-state index in [1.165, 1.54) is 6.42 Å². The van der Waals surface area contributed by atoms with Gasteiger partial charge < -0.3 is 5.32 Å². The van der Waals surface area contributed by atoms with Gasteiger partial charge in [-0.05, 0) is 30.0 Å². The van der Waals surface area contributed by atoms with E-state index in [1.807, 2.05) is 42.5 Å². The quantitative estimate of drug-likeness (QED) is 0.486. The zero-order valence-corrected chi connectivity index (χ0v) is 18.9. The standard InChI is InChI=1S/C22H22ClN3O.C3H8/c1-15(2)12-19-22(24-14-20(25-19)17-6-4-3-5-7-17)26-21(27)13-16-8-10-18(23)11-9-16;1-3-2/h3-11,14-15H,12-13H2,1-2H3,(H,24,26,27);3H2,1-2H3. The number of aromatic nitrogens is 2. The second-order valence-electron chi connectivity index (χ2n) is 7.57. The fourth-order valence-corrected chi connectivity index (χ4v) is 2.90. The van der Waals surface area contributed by atoms with Gasteiger partial charge in [-0.3, -0.25) is 4.79 Å². The van der Waals surface area contributed by atoms with E-state index in [4.69, 9.17) is 16.6 Å². The van der Waals surface area contributed by atoms with E-state index >= 15 is 0 Å². The Kier molecular flexibility index (Phi) is 9.49. The van der Waals surface area contributed by atoms with Gasteiger partial charge in [0.05, 0.1) is 24.0 Å². The van der Waals surface area contributed by atoms with E-state index in [2.05, 4.69) is 38.0 Å². The van der Waals surface area contributed by atoms with Crippen molar-refractivity contribution in [2.75, 3.05) is 5.32 Å². The van der Waals surface area contributed by atoms with Gasteiger partial charge in [0.2, 0.25) is 5.91 Å². The van der Waals surface area contributed by atoms with Gasteiger partial charge in [-0.15, -0.1) is 0 Å². The molecule has 0 fully saturated rings. The van der Waals surface area contributed by atoms with Crippen molar-refractivity contribution in [3.8, 4) is 11.3 Å². The van der Waals surface area contributed by atoms with E-state index in [0.29, 0.717) is 16.8 Å². The third-order valence-electron chi connectivity index (χ3n) is 4.05. The fraction of sp³-hybridized carbons (Fsp3) is 0.320. The molecule has 0 aliphatic rings. The largest absolute Gasteiger partial charge is 0.309 e. The number of amides is 1. The highest BCUT2D eigenvalue weighted by Gasteiger charge is 2.14. The Balaban J connectivity index is 0.00000101. The molecule has 0 atom stereocenters. The van der Waals surface area contributed by atoms with Crippen LogP contribution in [-0.2, 0) is 17.6 Å². The van der Waals surface area contributed by atoms with Crippen molar-refractivity contribution >= 4 is 23.3 Å². The number of carbonyl (C=O) groups excluding carboxylic acids is 1. The molecule has 1 aromatic heterocycles. The van der Waals surface area contributed by atoms with Gasteiger partial charge in [-0.1, -0.05) is 88.2 Å². The van der Waals surface area contributed by atoms with Crippen molar-refractivity contribution in [1.82, 2.24) is 9.97 Å². The molecule has 1 heterocycles. The molecular weight excluding hydrogens is 394 g/mol. The number of hydrogen-bond donors (Lipinski definition) is 1. The summed E-state index contributed by atoms with van der Waals surface area (Å²) >= 11 is 5.89. The summed E-state index contributed by atoms with van der Waals surface area (Å²) in [5, 5.41) is 3.57. The Bertz CT molecular complexity index is 925. The first-order chi connectivity index (χ1) is 14.4. The molecule has 2 aromatic carbocycles. The Morgan fingerprint density at radius 3 is 2.27 bits per heavy atom. The smallest absolute Gasteiger partial charge is 0.229 e. The van der Waals surface area contributed by atoms with Crippen LogP contribution in [-0.4, -0.2) is 15.9 Å². The van der Waals surface area contributed by atoms with Crippen LogP contribution in [0, 0.1) is 5.92 Å². The third kappa shape index (κ3) is 7.60. The molecule has 0 saturated carbocycles. The summed E-state index contributed by atoms with van der Waals surface area (Å²) in [6.07, 6.45) is 3.96. The van der Waals surface area contributed by atoms with Gasteiger partial charge in [0.15, 0.2) is 5.82 Å². The number of hydrogen-bond acceptors (Lipinski definition) is 3. The summed E-state index contributed by atoms with van der Waals surface area (Å²) in [7, 11) is 0. The zero-order valence-electron chi connectivity index (χ0n) is 18.2. The molecule has 158 valence electrons. The molecule has 0 spiro atoms. The molecule has 0 bridgehead atoms. The van der Waals surface area contributed by atoms with Crippen molar-refractivity contribution in [3.63, 3.8) is 0 Å². The summed E-state index contributed by atoms with van der Waals surface area (Å²) in [4.78, 5) is 21.7. The minimum Gasteiger partial charge on any atom is -0.309 e. The highest BCUT2D eigenvalue weighted by atomic mass is 35.5. The van der Waals surface area contributed by atoms with Gasteiger partial charge in [-0.2, -0.15) is 0 Å². The van der Waals surface area contributed by atoms with Crippen LogP contribution in [0.1, 0.15) is 45.4 Å². The van der Waals surface area contributed by atoms with E-state index in [1.54, 1.807) is 18.3 Å². The van der Waals surface area contributed by atoms with E-state index in [-0.39, 0.29) is 12.3 Å². The van der Waals surface area contributed by atoms with Crippen molar-refractivity contribution < 1.29 is 4.79 Å². The lowest BCUT2D eigenvalue weighted by Crippen LogP contribution is -2.18. The molecule has 0 unspecified atom stereocenters. The van der Waals surface area contributed by atoms with Crippen LogP contribution in [0.15, 0.2) is 60.8 Å². The monoisotopic (exact) mass is 423 g/mol. The molecule has 0 radical (unpaired) electrons. The number of anilines is 1. The highest BCUT2D eigenvalue weighted by molar-refractivity contribution is 6.30. The average molecular weight is 424 g/mol. The number of rotatable bonds is 6.